The summed E-state index contributed by atoms with van der Waals surface area (Å²) in [5.41, 5.74) is 2.11. The normalized spacial score (nSPS) is 56.5. The maximum absolute atomic E-state index is 10.6. The van der Waals surface area contributed by atoms with Crippen LogP contribution in [-0.2, 0) is 9.47 Å². The molecule has 0 spiro atoms. The van der Waals surface area contributed by atoms with E-state index in [9.17, 15) is 5.11 Å². The van der Waals surface area contributed by atoms with Gasteiger partial charge < -0.3 is 14.6 Å². The molecule has 3 heteroatoms. The molecule has 8 atom stereocenters. The fourth-order valence-corrected chi connectivity index (χ4v) is 7.36. The van der Waals surface area contributed by atoms with Gasteiger partial charge >= 0.3 is 0 Å². The molecule has 5 rings (SSSR count). The zero-order valence-corrected chi connectivity index (χ0v) is 15.2. The number of rotatable bonds is 0. The summed E-state index contributed by atoms with van der Waals surface area (Å²) in [5, 5.41) is 10.6. The van der Waals surface area contributed by atoms with E-state index in [4.69, 9.17) is 9.47 Å². The van der Waals surface area contributed by atoms with Crippen molar-refractivity contribution in [1.29, 1.82) is 0 Å². The minimum atomic E-state index is -0.0764. The van der Waals surface area contributed by atoms with E-state index >= 15 is 0 Å². The average Bonchev–Trinajstić information content (AvgIpc) is 2.88. The van der Waals surface area contributed by atoms with Gasteiger partial charge in [0.1, 0.15) is 0 Å². The largest absolute Gasteiger partial charge is 0.393 e. The summed E-state index contributed by atoms with van der Waals surface area (Å²) < 4.78 is 12.1. The van der Waals surface area contributed by atoms with E-state index in [1.54, 1.807) is 5.57 Å². The van der Waals surface area contributed by atoms with E-state index in [0.717, 1.165) is 44.3 Å². The number of hydrogen-bond acceptors (Lipinski definition) is 3. The maximum Gasteiger partial charge on any atom is 0.0875 e. The molecule has 4 aliphatic carbocycles. The molecule has 0 aromatic rings. The van der Waals surface area contributed by atoms with E-state index in [2.05, 4.69) is 19.9 Å². The predicted molar refractivity (Wildman–Crippen MR) is 92.6 cm³/mol. The van der Waals surface area contributed by atoms with Crippen molar-refractivity contribution in [3.63, 3.8) is 0 Å². The Balaban J connectivity index is 1.47. The average molecular weight is 332 g/mol. The topological polar surface area (TPSA) is 38.7 Å². The Kier molecular flexibility index (Phi) is 3.51. The van der Waals surface area contributed by atoms with Crippen LogP contribution >= 0.6 is 0 Å². The van der Waals surface area contributed by atoms with Gasteiger partial charge in [0, 0.05) is 0 Å². The second kappa shape index (κ2) is 5.31. The van der Waals surface area contributed by atoms with Crippen LogP contribution in [0.2, 0.25) is 0 Å². The highest BCUT2D eigenvalue weighted by atomic mass is 16.6. The number of ether oxygens (including phenoxy) is 2. The second-order valence-electron chi connectivity index (χ2n) is 9.62. The van der Waals surface area contributed by atoms with Crippen LogP contribution in [0, 0.1) is 28.6 Å². The van der Waals surface area contributed by atoms with Gasteiger partial charge in [-0.05, 0) is 73.5 Å². The van der Waals surface area contributed by atoms with Crippen molar-refractivity contribution in [2.24, 2.45) is 28.6 Å². The summed E-state index contributed by atoms with van der Waals surface area (Å²) in [6.07, 6.45) is 11.2. The number of aliphatic hydroxyl groups excluding tert-OH is 1. The Morgan fingerprint density at radius 1 is 1.04 bits per heavy atom. The van der Waals surface area contributed by atoms with Gasteiger partial charge in [0.15, 0.2) is 0 Å². The van der Waals surface area contributed by atoms with Crippen molar-refractivity contribution in [3.8, 4) is 0 Å². The SMILES string of the molecule is C[C@]12CC[C@H]3[C@@H](CC=C4CC5OCCOC5C[C@@]43C)[C@@H]1CC[C@@H]2O. The van der Waals surface area contributed by atoms with Crippen LogP contribution in [-0.4, -0.2) is 36.6 Å². The second-order valence-corrected chi connectivity index (χ2v) is 9.62. The van der Waals surface area contributed by atoms with Gasteiger partial charge in [-0.25, -0.2) is 0 Å². The van der Waals surface area contributed by atoms with Gasteiger partial charge in [-0.15, -0.1) is 0 Å². The monoisotopic (exact) mass is 332 g/mol. The maximum atomic E-state index is 10.6. The number of aliphatic hydroxyl groups is 1. The van der Waals surface area contributed by atoms with Gasteiger partial charge in [-0.2, -0.15) is 0 Å². The molecule has 3 nitrogen and oxygen atoms in total. The van der Waals surface area contributed by atoms with Crippen LogP contribution in [0.5, 0.6) is 0 Å². The molecule has 1 N–H and O–H groups in total. The Bertz CT molecular complexity index is 557. The number of fused-ring (bicyclic) bond motifs is 6. The molecule has 0 aromatic carbocycles. The summed E-state index contributed by atoms with van der Waals surface area (Å²) in [6.45, 7) is 6.40. The fourth-order valence-electron chi connectivity index (χ4n) is 7.36. The third-order valence-corrected chi connectivity index (χ3v) is 8.78. The molecule has 0 aromatic heterocycles. The molecule has 1 saturated heterocycles. The zero-order valence-electron chi connectivity index (χ0n) is 15.2. The lowest BCUT2D eigenvalue weighted by Gasteiger charge is -2.59. The number of hydrogen-bond donors (Lipinski definition) is 1. The quantitative estimate of drug-likeness (QED) is 0.687. The van der Waals surface area contributed by atoms with Crippen molar-refractivity contribution < 1.29 is 14.6 Å². The van der Waals surface area contributed by atoms with E-state index in [1.165, 1.54) is 25.7 Å². The molecular weight excluding hydrogens is 300 g/mol. The first-order valence-electron chi connectivity index (χ1n) is 10.1. The Morgan fingerprint density at radius 2 is 1.83 bits per heavy atom. The molecule has 4 fully saturated rings. The lowest BCUT2D eigenvalue weighted by molar-refractivity contribution is -0.174. The lowest BCUT2D eigenvalue weighted by atomic mass is 9.47. The van der Waals surface area contributed by atoms with Crippen LogP contribution in [0.3, 0.4) is 0 Å². The molecule has 1 heterocycles. The van der Waals surface area contributed by atoms with Crippen molar-refractivity contribution >= 4 is 0 Å². The highest BCUT2D eigenvalue weighted by Gasteiger charge is 2.59. The molecule has 24 heavy (non-hydrogen) atoms. The fraction of sp³-hybridized carbons (Fsp3) is 0.905. The highest BCUT2D eigenvalue weighted by molar-refractivity contribution is 5.27. The molecule has 134 valence electrons. The van der Waals surface area contributed by atoms with Crippen LogP contribution < -0.4 is 0 Å². The Labute approximate surface area is 145 Å². The van der Waals surface area contributed by atoms with Crippen LogP contribution in [0.25, 0.3) is 0 Å². The van der Waals surface area contributed by atoms with Crippen molar-refractivity contribution in [1.82, 2.24) is 0 Å². The smallest absolute Gasteiger partial charge is 0.0875 e. The van der Waals surface area contributed by atoms with Gasteiger partial charge in [-0.3, -0.25) is 0 Å². The van der Waals surface area contributed by atoms with E-state index < -0.39 is 0 Å². The van der Waals surface area contributed by atoms with E-state index in [-0.39, 0.29) is 17.6 Å². The van der Waals surface area contributed by atoms with Crippen LogP contribution in [0.4, 0.5) is 0 Å². The van der Waals surface area contributed by atoms with Crippen molar-refractivity contribution in [3.05, 3.63) is 11.6 Å². The summed E-state index contributed by atoms with van der Waals surface area (Å²) >= 11 is 0. The summed E-state index contributed by atoms with van der Waals surface area (Å²) in [4.78, 5) is 0. The van der Waals surface area contributed by atoms with Gasteiger partial charge in [0.25, 0.3) is 0 Å². The Hall–Kier alpha value is -0.380. The van der Waals surface area contributed by atoms with Gasteiger partial charge in [0.2, 0.25) is 0 Å². The molecule has 2 unspecified atom stereocenters. The van der Waals surface area contributed by atoms with Crippen LogP contribution in [0.1, 0.15) is 58.8 Å². The minimum absolute atomic E-state index is 0.0764. The van der Waals surface area contributed by atoms with Gasteiger partial charge in [-0.1, -0.05) is 25.5 Å². The molecule has 1 aliphatic heterocycles. The van der Waals surface area contributed by atoms with E-state index in [0.29, 0.717) is 17.4 Å². The standard InChI is InChI=1S/C21H32O3/c1-20-8-7-16-14(15(20)5-6-19(20)22)4-3-13-11-17-18(12-21(13,16)2)24-10-9-23-17/h3,14-19,22H,4-12H2,1-2H3/t14-,15-,16-,17?,18?,19-,20-,21-/m0/s1. The van der Waals surface area contributed by atoms with Crippen molar-refractivity contribution in [2.75, 3.05) is 13.2 Å². The summed E-state index contributed by atoms with van der Waals surface area (Å²) in [6, 6.07) is 0. The zero-order chi connectivity index (χ0) is 16.5. The number of allylic oxidation sites excluding steroid dienone is 1. The third kappa shape index (κ3) is 2.01. The Morgan fingerprint density at radius 3 is 2.67 bits per heavy atom. The highest BCUT2D eigenvalue weighted by Crippen LogP contribution is 2.65. The molecular formula is C21H32O3. The molecule has 5 aliphatic rings. The minimum Gasteiger partial charge on any atom is -0.393 e. The molecule has 0 radical (unpaired) electrons. The lowest BCUT2D eigenvalue weighted by Crippen LogP contribution is -2.55. The van der Waals surface area contributed by atoms with Crippen LogP contribution in [0.15, 0.2) is 11.6 Å². The first-order chi connectivity index (χ1) is 11.5. The summed E-state index contributed by atoms with van der Waals surface area (Å²) in [5.74, 6) is 2.24. The third-order valence-electron chi connectivity index (χ3n) is 8.78. The van der Waals surface area contributed by atoms with Crippen molar-refractivity contribution in [2.45, 2.75) is 77.1 Å². The molecule has 0 amide bonds. The predicted octanol–water partition coefficient (Wildman–Crippen LogP) is 3.70. The molecule has 0 bridgehead atoms. The van der Waals surface area contributed by atoms with Gasteiger partial charge in [0.05, 0.1) is 31.5 Å². The first-order valence-corrected chi connectivity index (χ1v) is 10.1. The molecule has 3 saturated carbocycles. The summed E-state index contributed by atoms with van der Waals surface area (Å²) in [7, 11) is 0. The first kappa shape index (κ1) is 15.8. The van der Waals surface area contributed by atoms with E-state index in [1.807, 2.05) is 0 Å².